The molecule has 0 radical (unpaired) electrons. The first-order valence-corrected chi connectivity index (χ1v) is 8.86. The van der Waals surface area contributed by atoms with Gasteiger partial charge in [0, 0.05) is 11.0 Å². The van der Waals surface area contributed by atoms with Crippen molar-refractivity contribution in [1.29, 1.82) is 0 Å². The van der Waals surface area contributed by atoms with Gasteiger partial charge < -0.3 is 4.74 Å². The maximum atomic E-state index is 6.40. The van der Waals surface area contributed by atoms with Gasteiger partial charge in [0.2, 0.25) is 0 Å². The van der Waals surface area contributed by atoms with Gasteiger partial charge in [-0.2, -0.15) is 0 Å². The molecule has 1 aliphatic rings. The zero-order valence-corrected chi connectivity index (χ0v) is 15.7. The Kier molecular flexibility index (Phi) is 4.66. The third kappa shape index (κ3) is 3.50. The van der Waals surface area contributed by atoms with Gasteiger partial charge >= 0.3 is 0 Å². The lowest BCUT2D eigenvalue weighted by atomic mass is 9.67. The molecule has 0 aliphatic heterocycles. The summed E-state index contributed by atoms with van der Waals surface area (Å²) in [5.41, 5.74) is 3.47. The van der Waals surface area contributed by atoms with Gasteiger partial charge in [-0.05, 0) is 41.7 Å². The first-order chi connectivity index (χ1) is 10.1. The standard InChI is InChI=1S/C21H34O/c1-8-21(13-10-14-21)15-22-17-12-9-11-16(19(2,3)4)18(17)20(5,6)7/h9,11-12H,8,10,13-15H2,1-7H3. The molecular weight excluding hydrogens is 268 g/mol. The van der Waals surface area contributed by atoms with Crippen LogP contribution >= 0.6 is 0 Å². The van der Waals surface area contributed by atoms with Crippen LogP contribution in [0.3, 0.4) is 0 Å². The van der Waals surface area contributed by atoms with Crippen LogP contribution in [0.15, 0.2) is 18.2 Å². The zero-order valence-electron chi connectivity index (χ0n) is 15.7. The van der Waals surface area contributed by atoms with Gasteiger partial charge in [-0.3, -0.25) is 0 Å². The van der Waals surface area contributed by atoms with E-state index in [-0.39, 0.29) is 10.8 Å². The molecule has 1 aromatic rings. The van der Waals surface area contributed by atoms with Crippen LogP contribution in [0, 0.1) is 5.41 Å². The molecule has 0 saturated heterocycles. The lowest BCUT2D eigenvalue weighted by molar-refractivity contribution is 0.0528. The first kappa shape index (κ1) is 17.4. The second kappa shape index (κ2) is 5.91. The summed E-state index contributed by atoms with van der Waals surface area (Å²) >= 11 is 0. The van der Waals surface area contributed by atoms with Crippen molar-refractivity contribution in [1.82, 2.24) is 0 Å². The minimum Gasteiger partial charge on any atom is -0.493 e. The third-order valence-electron chi connectivity index (χ3n) is 5.28. The highest BCUT2D eigenvalue weighted by molar-refractivity contribution is 5.47. The van der Waals surface area contributed by atoms with Crippen molar-refractivity contribution in [2.24, 2.45) is 5.41 Å². The maximum absolute atomic E-state index is 6.40. The van der Waals surface area contributed by atoms with Crippen LogP contribution in [0.1, 0.15) is 85.3 Å². The van der Waals surface area contributed by atoms with Crippen LogP contribution in [0.2, 0.25) is 0 Å². The van der Waals surface area contributed by atoms with Gasteiger partial charge in [0.25, 0.3) is 0 Å². The van der Waals surface area contributed by atoms with Gasteiger partial charge in [0.1, 0.15) is 5.75 Å². The molecule has 1 heteroatoms. The highest BCUT2D eigenvalue weighted by Gasteiger charge is 2.36. The van der Waals surface area contributed by atoms with Crippen molar-refractivity contribution >= 4 is 0 Å². The van der Waals surface area contributed by atoms with E-state index in [1.54, 1.807) is 0 Å². The summed E-state index contributed by atoms with van der Waals surface area (Å²) in [5.74, 6) is 1.10. The lowest BCUT2D eigenvalue weighted by Gasteiger charge is -2.41. The van der Waals surface area contributed by atoms with E-state index in [1.165, 1.54) is 36.8 Å². The summed E-state index contributed by atoms with van der Waals surface area (Å²) in [6.07, 6.45) is 5.25. The molecule has 0 heterocycles. The molecule has 1 aromatic carbocycles. The number of ether oxygens (including phenoxy) is 1. The summed E-state index contributed by atoms with van der Waals surface area (Å²) in [7, 11) is 0. The van der Waals surface area contributed by atoms with Crippen LogP contribution < -0.4 is 4.74 Å². The Bertz CT molecular complexity index is 504. The van der Waals surface area contributed by atoms with Gasteiger partial charge in [-0.25, -0.2) is 0 Å². The fraction of sp³-hybridized carbons (Fsp3) is 0.714. The average molecular weight is 303 g/mol. The van der Waals surface area contributed by atoms with Crippen molar-refractivity contribution < 1.29 is 4.74 Å². The largest absolute Gasteiger partial charge is 0.493 e. The second-order valence-corrected chi connectivity index (χ2v) is 9.17. The monoisotopic (exact) mass is 302 g/mol. The molecule has 22 heavy (non-hydrogen) atoms. The molecule has 1 nitrogen and oxygen atoms in total. The van der Waals surface area contributed by atoms with Crippen LogP contribution in [-0.4, -0.2) is 6.61 Å². The van der Waals surface area contributed by atoms with E-state index < -0.39 is 0 Å². The number of rotatable bonds is 4. The zero-order chi connectivity index (χ0) is 16.6. The van der Waals surface area contributed by atoms with E-state index in [2.05, 4.69) is 66.7 Å². The van der Waals surface area contributed by atoms with Crippen molar-refractivity contribution in [3.8, 4) is 5.75 Å². The normalized spacial score (nSPS) is 18.0. The topological polar surface area (TPSA) is 9.23 Å². The SMILES string of the molecule is CCC1(COc2cccc(C(C)(C)C)c2C(C)(C)C)CCC1. The molecule has 0 aromatic heterocycles. The van der Waals surface area contributed by atoms with Gasteiger partial charge in [-0.15, -0.1) is 0 Å². The van der Waals surface area contributed by atoms with Gasteiger partial charge in [0.15, 0.2) is 0 Å². The van der Waals surface area contributed by atoms with Crippen molar-refractivity contribution in [2.75, 3.05) is 6.61 Å². The molecular formula is C21H34O. The summed E-state index contributed by atoms with van der Waals surface area (Å²) in [4.78, 5) is 0. The van der Waals surface area contributed by atoms with Crippen LogP contribution in [0.4, 0.5) is 0 Å². The van der Waals surface area contributed by atoms with Crippen molar-refractivity contribution in [2.45, 2.75) is 85.0 Å². The van der Waals surface area contributed by atoms with Crippen molar-refractivity contribution in [3.63, 3.8) is 0 Å². The van der Waals surface area contributed by atoms with E-state index in [1.807, 2.05) is 0 Å². The Balaban J connectivity index is 2.35. The predicted octanol–water partition coefficient (Wildman–Crippen LogP) is 6.24. The van der Waals surface area contributed by atoms with Crippen molar-refractivity contribution in [3.05, 3.63) is 29.3 Å². The molecule has 0 unspecified atom stereocenters. The minimum absolute atomic E-state index is 0.0954. The van der Waals surface area contributed by atoms with E-state index >= 15 is 0 Å². The summed E-state index contributed by atoms with van der Waals surface area (Å²) in [6.45, 7) is 16.9. The second-order valence-electron chi connectivity index (χ2n) is 9.17. The highest BCUT2D eigenvalue weighted by atomic mass is 16.5. The van der Waals surface area contributed by atoms with Crippen LogP contribution in [0.5, 0.6) is 5.75 Å². The Morgan fingerprint density at radius 2 is 1.64 bits per heavy atom. The molecule has 0 atom stereocenters. The third-order valence-corrected chi connectivity index (χ3v) is 5.28. The smallest absolute Gasteiger partial charge is 0.123 e. The van der Waals surface area contributed by atoms with E-state index in [0.717, 1.165) is 12.4 Å². The molecule has 0 spiro atoms. The quantitative estimate of drug-likeness (QED) is 0.639. The fourth-order valence-corrected chi connectivity index (χ4v) is 3.56. The number of benzene rings is 1. The minimum atomic E-state index is 0.0954. The van der Waals surface area contributed by atoms with Gasteiger partial charge in [-0.1, -0.05) is 67.0 Å². The predicted molar refractivity (Wildman–Crippen MR) is 95.9 cm³/mol. The summed E-state index contributed by atoms with van der Waals surface area (Å²) in [5, 5.41) is 0. The fourth-order valence-electron chi connectivity index (χ4n) is 3.56. The van der Waals surface area contributed by atoms with E-state index in [9.17, 15) is 0 Å². The van der Waals surface area contributed by atoms with E-state index in [0.29, 0.717) is 5.41 Å². The van der Waals surface area contributed by atoms with Crippen LogP contribution in [-0.2, 0) is 10.8 Å². The molecule has 124 valence electrons. The maximum Gasteiger partial charge on any atom is 0.123 e. The molecule has 0 bridgehead atoms. The average Bonchev–Trinajstić information content (AvgIpc) is 2.35. The first-order valence-electron chi connectivity index (χ1n) is 8.86. The van der Waals surface area contributed by atoms with Gasteiger partial charge in [0.05, 0.1) is 6.61 Å². The molecule has 1 fully saturated rings. The Hall–Kier alpha value is -0.980. The molecule has 1 aliphatic carbocycles. The Morgan fingerprint density at radius 1 is 1.00 bits per heavy atom. The number of hydrogen-bond acceptors (Lipinski definition) is 1. The van der Waals surface area contributed by atoms with Crippen LogP contribution in [0.25, 0.3) is 0 Å². The molecule has 2 rings (SSSR count). The Morgan fingerprint density at radius 3 is 2.05 bits per heavy atom. The highest BCUT2D eigenvalue weighted by Crippen LogP contribution is 2.45. The lowest BCUT2D eigenvalue weighted by Crippen LogP contribution is -2.35. The molecule has 0 amide bonds. The van der Waals surface area contributed by atoms with E-state index in [4.69, 9.17) is 4.74 Å². The number of hydrogen-bond donors (Lipinski definition) is 0. The molecule has 1 saturated carbocycles. The summed E-state index contributed by atoms with van der Waals surface area (Å²) in [6, 6.07) is 6.59. The summed E-state index contributed by atoms with van der Waals surface area (Å²) < 4.78 is 6.40. The molecule has 0 N–H and O–H groups in total. The Labute approximate surface area is 137 Å².